The van der Waals surface area contributed by atoms with Crippen molar-refractivity contribution in [3.63, 3.8) is 0 Å². The highest BCUT2D eigenvalue weighted by Gasteiger charge is 2.45. The highest BCUT2D eigenvalue weighted by atomic mass is 35.5. The van der Waals surface area contributed by atoms with Crippen LogP contribution in [0.4, 0.5) is 0 Å². The Bertz CT molecular complexity index is 1190. The fraction of sp³-hybridized carbons (Fsp3) is 0.345. The van der Waals surface area contributed by atoms with Crippen molar-refractivity contribution in [2.45, 2.75) is 57.0 Å². The van der Waals surface area contributed by atoms with E-state index in [-0.39, 0.29) is 30.3 Å². The minimum Gasteiger partial charge on any atom is -0.481 e. The average molecular weight is 525 g/mol. The van der Waals surface area contributed by atoms with Gasteiger partial charge < -0.3 is 10.0 Å². The number of carbonyl (C=O) groups is 2. The maximum absolute atomic E-state index is 14.0. The van der Waals surface area contributed by atoms with Crippen molar-refractivity contribution in [3.8, 4) is 0 Å². The molecular weight excluding hydrogens is 495 g/mol. The predicted molar refractivity (Wildman–Crippen MR) is 142 cm³/mol. The van der Waals surface area contributed by atoms with Gasteiger partial charge in [0.1, 0.15) is 0 Å². The fourth-order valence-corrected chi connectivity index (χ4v) is 5.70. The third kappa shape index (κ3) is 6.08. The summed E-state index contributed by atoms with van der Waals surface area (Å²) in [5.41, 5.74) is 2.94. The van der Waals surface area contributed by atoms with Crippen molar-refractivity contribution < 1.29 is 14.7 Å². The summed E-state index contributed by atoms with van der Waals surface area (Å²) >= 11 is 12.6. The number of carboxylic acids is 1. The van der Waals surface area contributed by atoms with E-state index < -0.39 is 11.9 Å². The molecule has 4 rings (SSSR count). The van der Waals surface area contributed by atoms with E-state index >= 15 is 0 Å². The van der Waals surface area contributed by atoms with Gasteiger partial charge in [0, 0.05) is 39.8 Å². The Morgan fingerprint density at radius 1 is 1.06 bits per heavy atom. The smallest absolute Gasteiger partial charge is 0.304 e. The summed E-state index contributed by atoms with van der Waals surface area (Å²) < 4.78 is 0. The largest absolute Gasteiger partial charge is 0.481 e. The molecule has 1 aliphatic heterocycles. The molecular formula is C29H30Cl2N2O3. The van der Waals surface area contributed by atoms with Gasteiger partial charge in [0.25, 0.3) is 0 Å². The van der Waals surface area contributed by atoms with Crippen LogP contribution in [0.25, 0.3) is 0 Å². The number of carboxylic acid groups (broad SMARTS) is 1. The Morgan fingerprint density at radius 3 is 2.47 bits per heavy atom. The summed E-state index contributed by atoms with van der Waals surface area (Å²) in [6.45, 7) is 2.07. The van der Waals surface area contributed by atoms with Gasteiger partial charge >= 0.3 is 5.97 Å². The monoisotopic (exact) mass is 524 g/mol. The van der Waals surface area contributed by atoms with E-state index in [0.717, 1.165) is 36.1 Å². The van der Waals surface area contributed by atoms with Gasteiger partial charge in [0.2, 0.25) is 5.91 Å². The number of pyridine rings is 1. The van der Waals surface area contributed by atoms with Crippen LogP contribution in [0.3, 0.4) is 0 Å². The van der Waals surface area contributed by atoms with Crippen molar-refractivity contribution >= 4 is 35.1 Å². The molecule has 1 amide bonds. The second-order valence-electron chi connectivity index (χ2n) is 9.36. The zero-order valence-corrected chi connectivity index (χ0v) is 21.7. The topological polar surface area (TPSA) is 70.5 Å². The maximum Gasteiger partial charge on any atom is 0.304 e. The minimum atomic E-state index is -0.968. The normalized spacial score (nSPS) is 20.8. The van der Waals surface area contributed by atoms with Crippen LogP contribution in [0.1, 0.15) is 61.4 Å². The first kappa shape index (κ1) is 26.2. The quantitative estimate of drug-likeness (QED) is 0.328. The van der Waals surface area contributed by atoms with E-state index in [1.54, 1.807) is 6.20 Å². The third-order valence-electron chi connectivity index (χ3n) is 7.06. The lowest BCUT2D eigenvalue weighted by Crippen LogP contribution is -2.52. The van der Waals surface area contributed by atoms with Crippen LogP contribution in [0, 0.1) is 5.92 Å². The molecule has 2 heterocycles. The number of hydrogen-bond acceptors (Lipinski definition) is 3. The summed E-state index contributed by atoms with van der Waals surface area (Å²) in [6.07, 6.45) is 4.21. The number of likely N-dealkylation sites (tertiary alicyclic amines) is 1. The summed E-state index contributed by atoms with van der Waals surface area (Å²) in [7, 11) is 0. The van der Waals surface area contributed by atoms with Crippen LogP contribution in [0.15, 0.2) is 72.9 Å². The lowest BCUT2D eigenvalue weighted by Gasteiger charge is -2.48. The first-order valence-corrected chi connectivity index (χ1v) is 13.1. The number of carbonyl (C=O) groups excluding carboxylic acids is 1. The molecule has 1 aromatic heterocycles. The minimum absolute atomic E-state index is 0.0848. The Balaban J connectivity index is 1.79. The number of hydrogen-bond donors (Lipinski definition) is 1. The van der Waals surface area contributed by atoms with Crippen LogP contribution in [-0.2, 0) is 16.0 Å². The van der Waals surface area contributed by atoms with Crippen molar-refractivity contribution in [2.75, 3.05) is 0 Å². The number of aliphatic carboxylic acids is 1. The number of amides is 1. The standard InChI is InChI=1S/C29H30Cl2N2O3/c1-2-25(14-13-24-8-3-4-15-32-24)33-28(19-9-11-22(30)12-10-19)26(20-6-5-7-23(31)16-20)17-21(29(33)36)18-27(34)35/h3-12,15-16,21,25-26,28H,2,13-14,17-18H2,1H3,(H,34,35)/t21-,25+,26-,28?/m1/s1. The molecule has 1 unspecified atom stereocenters. The molecule has 3 aromatic rings. The molecule has 0 bridgehead atoms. The van der Waals surface area contributed by atoms with Gasteiger partial charge in [-0.25, -0.2) is 0 Å². The summed E-state index contributed by atoms with van der Waals surface area (Å²) in [4.78, 5) is 32.1. The molecule has 1 fully saturated rings. The Kier molecular flexibility index (Phi) is 8.65. The number of aryl methyl sites for hydroxylation is 1. The molecule has 1 aliphatic rings. The molecule has 1 saturated heterocycles. The first-order valence-electron chi connectivity index (χ1n) is 12.3. The molecule has 188 valence electrons. The van der Waals surface area contributed by atoms with Crippen molar-refractivity contribution in [1.29, 1.82) is 0 Å². The maximum atomic E-state index is 14.0. The number of piperidine rings is 1. The second kappa shape index (κ2) is 11.9. The molecule has 2 aromatic carbocycles. The molecule has 36 heavy (non-hydrogen) atoms. The summed E-state index contributed by atoms with van der Waals surface area (Å²) in [5.74, 6) is -1.80. The molecule has 0 aliphatic carbocycles. The fourth-order valence-electron chi connectivity index (χ4n) is 5.38. The molecule has 0 spiro atoms. The van der Waals surface area contributed by atoms with E-state index in [4.69, 9.17) is 23.2 Å². The molecule has 5 nitrogen and oxygen atoms in total. The van der Waals surface area contributed by atoms with Crippen molar-refractivity contribution in [2.24, 2.45) is 5.92 Å². The van der Waals surface area contributed by atoms with Crippen LogP contribution in [0.2, 0.25) is 10.0 Å². The molecule has 1 N–H and O–H groups in total. The Hall–Kier alpha value is -2.89. The second-order valence-corrected chi connectivity index (χ2v) is 10.2. The number of nitrogens with zero attached hydrogens (tertiary/aromatic N) is 2. The van der Waals surface area contributed by atoms with E-state index in [2.05, 4.69) is 11.9 Å². The highest BCUT2D eigenvalue weighted by Crippen LogP contribution is 2.48. The van der Waals surface area contributed by atoms with E-state index in [1.165, 1.54) is 0 Å². The van der Waals surface area contributed by atoms with Gasteiger partial charge in [0.05, 0.1) is 12.5 Å². The lowest BCUT2D eigenvalue weighted by atomic mass is 9.74. The number of benzene rings is 2. The van der Waals surface area contributed by atoms with E-state index in [1.807, 2.05) is 71.6 Å². The first-order chi connectivity index (χ1) is 17.4. The highest BCUT2D eigenvalue weighted by molar-refractivity contribution is 6.30. The molecule has 4 atom stereocenters. The van der Waals surface area contributed by atoms with E-state index in [0.29, 0.717) is 16.5 Å². The van der Waals surface area contributed by atoms with Gasteiger partial charge in [-0.1, -0.05) is 60.5 Å². The van der Waals surface area contributed by atoms with Crippen molar-refractivity contribution in [1.82, 2.24) is 9.88 Å². The number of aromatic nitrogens is 1. The molecule has 7 heteroatoms. The Labute approximate surface area is 222 Å². The van der Waals surface area contributed by atoms with E-state index in [9.17, 15) is 14.7 Å². The van der Waals surface area contributed by atoms with Gasteiger partial charge in [-0.05, 0) is 73.2 Å². The van der Waals surface area contributed by atoms with Crippen LogP contribution < -0.4 is 0 Å². The number of rotatable bonds is 9. The predicted octanol–water partition coefficient (Wildman–Crippen LogP) is 6.95. The zero-order valence-electron chi connectivity index (χ0n) is 20.2. The lowest BCUT2D eigenvalue weighted by molar-refractivity contribution is -0.152. The van der Waals surface area contributed by atoms with Gasteiger partial charge in [-0.15, -0.1) is 0 Å². The van der Waals surface area contributed by atoms with Gasteiger partial charge in [-0.3, -0.25) is 14.6 Å². The Morgan fingerprint density at radius 2 is 1.83 bits per heavy atom. The van der Waals surface area contributed by atoms with Gasteiger partial charge in [0.15, 0.2) is 0 Å². The molecule has 0 radical (unpaired) electrons. The van der Waals surface area contributed by atoms with Crippen molar-refractivity contribution in [3.05, 3.63) is 99.8 Å². The zero-order chi connectivity index (χ0) is 25.7. The SMILES string of the molecule is CC[C@@H](CCc1ccccn1)N1C(=O)[C@@H](CC(=O)O)C[C@H](c2cccc(Cl)c2)C1c1ccc(Cl)cc1. The van der Waals surface area contributed by atoms with Crippen LogP contribution >= 0.6 is 23.2 Å². The summed E-state index contributed by atoms with van der Waals surface area (Å²) in [6, 6.07) is 20.8. The molecule has 0 saturated carbocycles. The van der Waals surface area contributed by atoms with Crippen LogP contribution in [-0.4, -0.2) is 32.9 Å². The average Bonchev–Trinajstić information content (AvgIpc) is 2.87. The van der Waals surface area contributed by atoms with Gasteiger partial charge in [-0.2, -0.15) is 0 Å². The van der Waals surface area contributed by atoms with Crippen LogP contribution in [0.5, 0.6) is 0 Å². The summed E-state index contributed by atoms with van der Waals surface area (Å²) in [5, 5.41) is 10.9. The number of halogens is 2. The third-order valence-corrected chi connectivity index (χ3v) is 7.54.